The predicted octanol–water partition coefficient (Wildman–Crippen LogP) is 12.1. The van der Waals surface area contributed by atoms with E-state index in [1.165, 1.54) is 69.5 Å². The molecule has 0 aliphatic rings. The van der Waals surface area contributed by atoms with Crippen LogP contribution in [-0.4, -0.2) is 9.13 Å². The molecule has 0 spiro atoms. The lowest BCUT2D eigenvalue weighted by atomic mass is 10.1. The summed E-state index contributed by atoms with van der Waals surface area (Å²) >= 11 is 1.93. The van der Waals surface area contributed by atoms with Gasteiger partial charge in [0.2, 0.25) is 0 Å². The van der Waals surface area contributed by atoms with E-state index in [2.05, 4.69) is 149 Å². The average molecular weight is 605 g/mol. The SMILES string of the molecule is c1ccc(-n2c3ccccc3c3c4sc5c(ccc6c5c5ccccc5n6-c5cccc6oc7ccccc7c56)c4ccc32)cc1. The number of furan rings is 1. The van der Waals surface area contributed by atoms with Gasteiger partial charge in [0.15, 0.2) is 0 Å². The molecule has 7 aromatic carbocycles. The second-order valence-corrected chi connectivity index (χ2v) is 13.1. The van der Waals surface area contributed by atoms with Gasteiger partial charge in [-0.3, -0.25) is 0 Å². The molecular formula is C42H24N2OS. The highest BCUT2D eigenvalue weighted by Gasteiger charge is 2.22. The first-order valence-electron chi connectivity index (χ1n) is 15.6. The monoisotopic (exact) mass is 604 g/mol. The van der Waals surface area contributed by atoms with Gasteiger partial charge >= 0.3 is 0 Å². The molecule has 0 atom stereocenters. The maximum Gasteiger partial charge on any atom is 0.137 e. The molecule has 4 aromatic heterocycles. The molecule has 0 saturated heterocycles. The number of para-hydroxylation sites is 4. The van der Waals surface area contributed by atoms with Gasteiger partial charge in [-0.1, -0.05) is 91.0 Å². The Morgan fingerprint density at radius 1 is 0.370 bits per heavy atom. The van der Waals surface area contributed by atoms with Crippen LogP contribution in [0.25, 0.3) is 97.1 Å². The minimum Gasteiger partial charge on any atom is -0.456 e. The van der Waals surface area contributed by atoms with Gasteiger partial charge in [0.1, 0.15) is 11.2 Å². The average Bonchev–Trinajstić information content (AvgIpc) is 3.85. The Morgan fingerprint density at radius 3 is 1.65 bits per heavy atom. The zero-order valence-electron chi connectivity index (χ0n) is 24.6. The van der Waals surface area contributed by atoms with Gasteiger partial charge in [0, 0.05) is 52.8 Å². The third kappa shape index (κ3) is 3.06. The first-order chi connectivity index (χ1) is 22.8. The van der Waals surface area contributed by atoms with Gasteiger partial charge in [0.05, 0.1) is 33.1 Å². The summed E-state index contributed by atoms with van der Waals surface area (Å²) < 4.78 is 13.8. The van der Waals surface area contributed by atoms with Crippen LogP contribution in [0.15, 0.2) is 150 Å². The van der Waals surface area contributed by atoms with Crippen LogP contribution in [0.5, 0.6) is 0 Å². The van der Waals surface area contributed by atoms with Crippen LogP contribution in [0.3, 0.4) is 0 Å². The van der Waals surface area contributed by atoms with Crippen LogP contribution in [0.4, 0.5) is 0 Å². The molecule has 0 bridgehead atoms. The van der Waals surface area contributed by atoms with Crippen molar-refractivity contribution in [2.45, 2.75) is 0 Å². The highest BCUT2D eigenvalue weighted by molar-refractivity contribution is 7.27. The van der Waals surface area contributed by atoms with E-state index in [-0.39, 0.29) is 0 Å². The predicted molar refractivity (Wildman–Crippen MR) is 195 cm³/mol. The molecule has 11 aromatic rings. The Morgan fingerprint density at radius 2 is 0.935 bits per heavy atom. The fraction of sp³-hybridized carbons (Fsp3) is 0. The molecule has 4 heteroatoms. The van der Waals surface area contributed by atoms with Gasteiger partial charge in [-0.2, -0.15) is 0 Å². The number of fused-ring (bicyclic) bond motifs is 14. The van der Waals surface area contributed by atoms with Gasteiger partial charge in [-0.15, -0.1) is 11.3 Å². The lowest BCUT2D eigenvalue weighted by Gasteiger charge is -2.09. The van der Waals surface area contributed by atoms with Gasteiger partial charge in [-0.05, 0) is 54.6 Å². The quantitative estimate of drug-likeness (QED) is 0.192. The van der Waals surface area contributed by atoms with E-state index in [9.17, 15) is 0 Å². The van der Waals surface area contributed by atoms with Crippen molar-refractivity contribution in [3.63, 3.8) is 0 Å². The summed E-state index contributed by atoms with van der Waals surface area (Å²) in [6, 6.07) is 52.5. The Bertz CT molecular complexity index is 3030. The van der Waals surface area contributed by atoms with E-state index in [0.717, 1.165) is 27.6 Å². The van der Waals surface area contributed by atoms with Gasteiger partial charge in [0.25, 0.3) is 0 Å². The van der Waals surface area contributed by atoms with Crippen LogP contribution < -0.4 is 0 Å². The van der Waals surface area contributed by atoms with Crippen molar-refractivity contribution in [3.8, 4) is 11.4 Å². The standard InChI is InChI=1S/C42H24N2OS/c1-2-11-25(12-3-1)43-31-16-7-4-13-28(31)39-34(43)23-21-26-27-22-24-35-40(42(27)46-41(26)39)29-14-5-8-17-32(29)44(35)33-18-10-20-37-38(33)30-15-6-9-19-36(30)45-37/h1-24H. The van der Waals surface area contributed by atoms with Crippen molar-refractivity contribution in [2.75, 3.05) is 0 Å². The molecule has 4 heterocycles. The zero-order valence-corrected chi connectivity index (χ0v) is 25.4. The van der Waals surface area contributed by atoms with Crippen LogP contribution in [0.1, 0.15) is 0 Å². The highest BCUT2D eigenvalue weighted by atomic mass is 32.1. The van der Waals surface area contributed by atoms with E-state index in [1.807, 2.05) is 17.4 Å². The van der Waals surface area contributed by atoms with Crippen LogP contribution in [0, 0.1) is 0 Å². The van der Waals surface area contributed by atoms with Crippen molar-refractivity contribution < 1.29 is 4.42 Å². The van der Waals surface area contributed by atoms with Gasteiger partial charge < -0.3 is 13.6 Å². The number of benzene rings is 7. The molecule has 0 aliphatic carbocycles. The van der Waals surface area contributed by atoms with Crippen LogP contribution in [0.2, 0.25) is 0 Å². The lowest BCUT2D eigenvalue weighted by Crippen LogP contribution is -1.94. The first-order valence-corrected chi connectivity index (χ1v) is 16.4. The smallest absolute Gasteiger partial charge is 0.137 e. The van der Waals surface area contributed by atoms with E-state index < -0.39 is 0 Å². The summed E-state index contributed by atoms with van der Waals surface area (Å²) in [5.74, 6) is 0. The van der Waals surface area contributed by atoms with E-state index >= 15 is 0 Å². The Hall–Kier alpha value is -5.84. The molecule has 0 aliphatic heterocycles. The second kappa shape index (κ2) is 8.87. The third-order valence-electron chi connectivity index (χ3n) is 9.71. The maximum atomic E-state index is 6.32. The van der Waals surface area contributed by atoms with E-state index in [0.29, 0.717) is 0 Å². The maximum absolute atomic E-state index is 6.32. The molecule has 0 N–H and O–H groups in total. The number of hydrogen-bond donors (Lipinski definition) is 0. The molecule has 0 saturated carbocycles. The van der Waals surface area contributed by atoms with Crippen molar-refractivity contribution in [3.05, 3.63) is 146 Å². The van der Waals surface area contributed by atoms with Gasteiger partial charge in [-0.25, -0.2) is 0 Å². The fourth-order valence-electron chi connectivity index (χ4n) is 7.85. The molecular weight excluding hydrogens is 581 g/mol. The third-order valence-corrected chi connectivity index (χ3v) is 11.0. The lowest BCUT2D eigenvalue weighted by molar-refractivity contribution is 0.669. The Labute approximate surface area is 266 Å². The molecule has 11 rings (SSSR count). The number of aromatic nitrogens is 2. The summed E-state index contributed by atoms with van der Waals surface area (Å²) in [4.78, 5) is 0. The largest absolute Gasteiger partial charge is 0.456 e. The normalized spacial score (nSPS) is 12.3. The van der Waals surface area contributed by atoms with Crippen molar-refractivity contribution in [1.29, 1.82) is 0 Å². The van der Waals surface area contributed by atoms with E-state index in [1.54, 1.807) is 0 Å². The molecule has 3 nitrogen and oxygen atoms in total. The van der Waals surface area contributed by atoms with Crippen molar-refractivity contribution >= 4 is 97.1 Å². The molecule has 0 unspecified atom stereocenters. The Kier molecular flexibility index (Phi) is 4.72. The molecule has 214 valence electrons. The topological polar surface area (TPSA) is 23.0 Å². The van der Waals surface area contributed by atoms with E-state index in [4.69, 9.17) is 4.42 Å². The number of nitrogens with zero attached hydrogens (tertiary/aromatic N) is 2. The summed E-state index contributed by atoms with van der Waals surface area (Å²) in [5, 5.41) is 10.1. The summed E-state index contributed by atoms with van der Waals surface area (Å²) in [6.45, 7) is 0. The second-order valence-electron chi connectivity index (χ2n) is 12.1. The highest BCUT2D eigenvalue weighted by Crippen LogP contribution is 2.48. The minimum atomic E-state index is 0.907. The molecule has 0 amide bonds. The summed E-state index contributed by atoms with van der Waals surface area (Å²) in [7, 11) is 0. The summed E-state index contributed by atoms with van der Waals surface area (Å²) in [5.41, 5.74) is 9.02. The summed E-state index contributed by atoms with van der Waals surface area (Å²) in [6.07, 6.45) is 0. The van der Waals surface area contributed by atoms with Crippen molar-refractivity contribution in [2.24, 2.45) is 0 Å². The first kappa shape index (κ1) is 24.5. The fourth-order valence-corrected chi connectivity index (χ4v) is 9.27. The molecule has 0 fully saturated rings. The zero-order chi connectivity index (χ0) is 29.9. The molecule has 0 radical (unpaired) electrons. The molecule has 46 heavy (non-hydrogen) atoms. The van der Waals surface area contributed by atoms with Crippen molar-refractivity contribution in [1.82, 2.24) is 9.13 Å². The number of rotatable bonds is 2. The van der Waals surface area contributed by atoms with Crippen LogP contribution >= 0.6 is 11.3 Å². The number of thiophene rings is 1. The van der Waals surface area contributed by atoms with Crippen LogP contribution in [-0.2, 0) is 0 Å². The Balaban J connectivity index is 1.29. The number of hydrogen-bond acceptors (Lipinski definition) is 2. The minimum absolute atomic E-state index is 0.907.